The molecule has 0 heterocycles. The summed E-state index contributed by atoms with van der Waals surface area (Å²) in [6.07, 6.45) is 6.86. The van der Waals surface area contributed by atoms with Crippen molar-refractivity contribution in [2.75, 3.05) is 6.61 Å². The highest BCUT2D eigenvalue weighted by molar-refractivity contribution is 5.52. The second-order valence-electron chi connectivity index (χ2n) is 4.52. The summed E-state index contributed by atoms with van der Waals surface area (Å²) in [5.74, 6) is 1.78. The van der Waals surface area contributed by atoms with Crippen molar-refractivity contribution < 1.29 is 4.74 Å². The lowest BCUT2D eigenvalue weighted by atomic mass is 10.1. The van der Waals surface area contributed by atoms with Gasteiger partial charge in [-0.25, -0.2) is 0 Å². The van der Waals surface area contributed by atoms with Crippen LogP contribution in [0.15, 0.2) is 24.8 Å². The fourth-order valence-corrected chi connectivity index (χ4v) is 1.83. The molecule has 0 aliphatic heterocycles. The van der Waals surface area contributed by atoms with Crippen LogP contribution in [0.2, 0.25) is 0 Å². The van der Waals surface area contributed by atoms with E-state index in [0.29, 0.717) is 0 Å². The molecule has 0 N–H and O–H groups in total. The Morgan fingerprint density at radius 2 is 2.19 bits per heavy atom. The van der Waals surface area contributed by atoms with Crippen LogP contribution in [0.3, 0.4) is 0 Å². The van der Waals surface area contributed by atoms with E-state index in [1.54, 1.807) is 0 Å². The molecular weight excluding hydrogens is 196 g/mol. The zero-order valence-corrected chi connectivity index (χ0v) is 10.0. The van der Waals surface area contributed by atoms with Crippen molar-refractivity contribution in [3.8, 4) is 5.75 Å². The lowest BCUT2D eigenvalue weighted by Crippen LogP contribution is -1.97. The Balaban J connectivity index is 2.09. The highest BCUT2D eigenvalue weighted by atomic mass is 16.5. The molecule has 1 heteroatoms. The lowest BCUT2D eigenvalue weighted by molar-refractivity contribution is 0.309. The molecule has 1 aliphatic carbocycles. The SMILES string of the molecule is C=Cc1cc(OCCCC)cc(C2CC2)c1. The molecule has 0 atom stereocenters. The van der Waals surface area contributed by atoms with Crippen LogP contribution in [0.1, 0.15) is 49.7 Å². The van der Waals surface area contributed by atoms with Crippen LogP contribution in [0.5, 0.6) is 5.75 Å². The van der Waals surface area contributed by atoms with Crippen LogP contribution in [0.4, 0.5) is 0 Å². The fraction of sp³-hybridized carbons (Fsp3) is 0.467. The predicted octanol–water partition coefficient (Wildman–Crippen LogP) is 4.39. The summed E-state index contributed by atoms with van der Waals surface area (Å²) < 4.78 is 5.76. The van der Waals surface area contributed by atoms with Crippen LogP contribution in [0.25, 0.3) is 6.08 Å². The highest BCUT2D eigenvalue weighted by Crippen LogP contribution is 2.41. The molecule has 16 heavy (non-hydrogen) atoms. The Morgan fingerprint density at radius 1 is 1.38 bits per heavy atom. The molecule has 0 aromatic heterocycles. The van der Waals surface area contributed by atoms with Crippen LogP contribution in [-0.2, 0) is 0 Å². The summed E-state index contributed by atoms with van der Waals surface area (Å²) in [4.78, 5) is 0. The number of hydrogen-bond donors (Lipinski definition) is 0. The summed E-state index contributed by atoms with van der Waals surface area (Å²) in [7, 11) is 0. The van der Waals surface area contributed by atoms with E-state index in [9.17, 15) is 0 Å². The van der Waals surface area contributed by atoms with Crippen molar-refractivity contribution in [2.45, 2.75) is 38.5 Å². The van der Waals surface area contributed by atoms with Crippen LogP contribution >= 0.6 is 0 Å². The molecule has 1 aliphatic rings. The van der Waals surface area contributed by atoms with Gasteiger partial charge in [0.15, 0.2) is 0 Å². The van der Waals surface area contributed by atoms with Gasteiger partial charge >= 0.3 is 0 Å². The first-order valence-corrected chi connectivity index (χ1v) is 6.23. The van der Waals surface area contributed by atoms with Gasteiger partial charge in [-0.3, -0.25) is 0 Å². The van der Waals surface area contributed by atoms with Gasteiger partial charge in [0.05, 0.1) is 6.61 Å². The van der Waals surface area contributed by atoms with E-state index in [-0.39, 0.29) is 0 Å². The molecule has 2 rings (SSSR count). The molecule has 0 bridgehead atoms. The minimum Gasteiger partial charge on any atom is -0.494 e. The topological polar surface area (TPSA) is 9.23 Å². The monoisotopic (exact) mass is 216 g/mol. The van der Waals surface area contributed by atoms with Gasteiger partial charge in [0.25, 0.3) is 0 Å². The molecule has 1 aromatic carbocycles. The van der Waals surface area contributed by atoms with E-state index < -0.39 is 0 Å². The molecule has 1 saturated carbocycles. The molecule has 1 aromatic rings. The van der Waals surface area contributed by atoms with Crippen molar-refractivity contribution in [1.29, 1.82) is 0 Å². The van der Waals surface area contributed by atoms with E-state index in [1.807, 2.05) is 6.08 Å². The van der Waals surface area contributed by atoms with Crippen molar-refractivity contribution in [3.63, 3.8) is 0 Å². The number of rotatable bonds is 6. The van der Waals surface area contributed by atoms with E-state index in [0.717, 1.165) is 24.7 Å². The summed E-state index contributed by atoms with van der Waals surface area (Å²) >= 11 is 0. The zero-order valence-electron chi connectivity index (χ0n) is 10.0. The van der Waals surface area contributed by atoms with Crippen LogP contribution in [0, 0.1) is 0 Å². The van der Waals surface area contributed by atoms with Gasteiger partial charge < -0.3 is 4.74 Å². The predicted molar refractivity (Wildman–Crippen MR) is 68.9 cm³/mol. The molecule has 0 radical (unpaired) electrons. The number of unbranched alkanes of at least 4 members (excludes halogenated alkanes) is 1. The number of ether oxygens (including phenoxy) is 1. The third-order valence-corrected chi connectivity index (χ3v) is 3.00. The maximum atomic E-state index is 5.76. The largest absolute Gasteiger partial charge is 0.494 e. The Kier molecular flexibility index (Phi) is 3.66. The number of hydrogen-bond acceptors (Lipinski definition) is 1. The molecule has 0 saturated heterocycles. The summed E-state index contributed by atoms with van der Waals surface area (Å²) in [6, 6.07) is 6.51. The van der Waals surface area contributed by atoms with Crippen molar-refractivity contribution >= 4 is 6.08 Å². The molecule has 0 amide bonds. The van der Waals surface area contributed by atoms with E-state index in [4.69, 9.17) is 4.74 Å². The summed E-state index contributed by atoms with van der Waals surface area (Å²) in [5, 5.41) is 0. The van der Waals surface area contributed by atoms with Gasteiger partial charge in [-0.05, 0) is 48.4 Å². The van der Waals surface area contributed by atoms with E-state index in [1.165, 1.54) is 30.4 Å². The highest BCUT2D eigenvalue weighted by Gasteiger charge is 2.24. The van der Waals surface area contributed by atoms with E-state index in [2.05, 4.69) is 31.7 Å². The molecule has 86 valence electrons. The van der Waals surface area contributed by atoms with Crippen molar-refractivity contribution in [2.24, 2.45) is 0 Å². The first kappa shape index (κ1) is 11.3. The third-order valence-electron chi connectivity index (χ3n) is 3.00. The smallest absolute Gasteiger partial charge is 0.120 e. The molecule has 1 nitrogen and oxygen atoms in total. The third kappa shape index (κ3) is 2.88. The Labute approximate surface area is 98.1 Å². The lowest BCUT2D eigenvalue weighted by Gasteiger charge is -2.09. The van der Waals surface area contributed by atoms with Gasteiger partial charge in [-0.15, -0.1) is 0 Å². The fourth-order valence-electron chi connectivity index (χ4n) is 1.83. The standard InChI is InChI=1S/C15H20O/c1-3-5-8-16-15-10-12(4-2)9-14(11-15)13-6-7-13/h4,9-11,13H,2-3,5-8H2,1H3. The maximum Gasteiger partial charge on any atom is 0.120 e. The summed E-state index contributed by atoms with van der Waals surface area (Å²) in [5.41, 5.74) is 2.60. The second-order valence-corrected chi connectivity index (χ2v) is 4.52. The molecular formula is C15H20O. The molecule has 1 fully saturated rings. The minimum absolute atomic E-state index is 0.772. The van der Waals surface area contributed by atoms with Crippen LogP contribution < -0.4 is 4.74 Å². The Hall–Kier alpha value is -1.24. The van der Waals surface area contributed by atoms with Crippen molar-refractivity contribution in [3.05, 3.63) is 35.9 Å². The van der Waals surface area contributed by atoms with Gasteiger partial charge in [-0.2, -0.15) is 0 Å². The molecule has 0 spiro atoms. The number of benzene rings is 1. The zero-order chi connectivity index (χ0) is 11.4. The first-order valence-electron chi connectivity index (χ1n) is 6.23. The Morgan fingerprint density at radius 3 is 2.81 bits per heavy atom. The van der Waals surface area contributed by atoms with Gasteiger partial charge in [0, 0.05) is 0 Å². The Bertz CT molecular complexity index is 364. The average Bonchev–Trinajstić information content (AvgIpc) is 3.13. The van der Waals surface area contributed by atoms with Gasteiger partial charge in [-0.1, -0.05) is 32.1 Å². The van der Waals surface area contributed by atoms with Gasteiger partial charge in [0.2, 0.25) is 0 Å². The second kappa shape index (κ2) is 5.20. The maximum absolute atomic E-state index is 5.76. The first-order chi connectivity index (χ1) is 7.83. The molecule has 0 unspecified atom stereocenters. The summed E-state index contributed by atoms with van der Waals surface area (Å²) in [6.45, 7) is 6.83. The average molecular weight is 216 g/mol. The van der Waals surface area contributed by atoms with E-state index >= 15 is 0 Å². The van der Waals surface area contributed by atoms with Crippen LogP contribution in [-0.4, -0.2) is 6.61 Å². The minimum atomic E-state index is 0.772. The van der Waals surface area contributed by atoms with Crippen molar-refractivity contribution in [1.82, 2.24) is 0 Å². The normalized spacial score (nSPS) is 14.8. The van der Waals surface area contributed by atoms with Gasteiger partial charge in [0.1, 0.15) is 5.75 Å². The quantitative estimate of drug-likeness (QED) is 0.641.